The zero-order chi connectivity index (χ0) is 17.1. The Bertz CT molecular complexity index is 816. The van der Waals surface area contributed by atoms with E-state index in [0.29, 0.717) is 18.4 Å². The van der Waals surface area contributed by atoms with Gasteiger partial charge >= 0.3 is 0 Å². The van der Waals surface area contributed by atoms with Crippen LogP contribution >= 0.6 is 11.3 Å². The number of hydrogen-bond acceptors (Lipinski definition) is 6. The highest BCUT2D eigenvalue weighted by atomic mass is 32.1. The maximum atomic E-state index is 5.91. The van der Waals surface area contributed by atoms with Crippen LogP contribution in [-0.4, -0.2) is 37.6 Å². The molecule has 1 aliphatic heterocycles. The molecule has 0 unspecified atom stereocenters. The SMILES string of the molecule is Cc1nc(CN2Cc3cncn3C[C@@H](COc3ccccn3)C2)cs1. The van der Waals surface area contributed by atoms with E-state index in [1.807, 2.05) is 30.7 Å². The molecule has 0 aromatic carbocycles. The highest BCUT2D eigenvalue weighted by Gasteiger charge is 2.23. The first-order valence-corrected chi connectivity index (χ1v) is 9.30. The van der Waals surface area contributed by atoms with Crippen molar-refractivity contribution in [3.05, 3.63) is 58.7 Å². The molecule has 25 heavy (non-hydrogen) atoms. The van der Waals surface area contributed by atoms with Gasteiger partial charge in [0, 0.05) is 55.9 Å². The van der Waals surface area contributed by atoms with Crippen molar-refractivity contribution in [2.24, 2.45) is 5.92 Å². The molecule has 4 rings (SSSR count). The fourth-order valence-corrected chi connectivity index (χ4v) is 3.81. The minimum atomic E-state index is 0.372. The summed E-state index contributed by atoms with van der Waals surface area (Å²) in [5, 5.41) is 3.27. The molecule has 0 radical (unpaired) electrons. The molecule has 1 atom stereocenters. The van der Waals surface area contributed by atoms with Gasteiger partial charge in [-0.15, -0.1) is 11.3 Å². The first-order valence-electron chi connectivity index (χ1n) is 8.42. The lowest BCUT2D eigenvalue weighted by Gasteiger charge is -2.23. The van der Waals surface area contributed by atoms with Crippen molar-refractivity contribution in [3.63, 3.8) is 0 Å². The van der Waals surface area contributed by atoms with Crippen LogP contribution in [0.3, 0.4) is 0 Å². The Hall–Kier alpha value is -2.25. The van der Waals surface area contributed by atoms with Crippen molar-refractivity contribution in [2.45, 2.75) is 26.6 Å². The van der Waals surface area contributed by atoms with E-state index >= 15 is 0 Å². The summed E-state index contributed by atoms with van der Waals surface area (Å²) in [6.45, 7) is 6.31. The molecule has 0 bridgehead atoms. The van der Waals surface area contributed by atoms with E-state index in [1.165, 1.54) is 5.69 Å². The molecular weight excluding hydrogens is 334 g/mol. The fourth-order valence-electron chi connectivity index (χ4n) is 3.21. The van der Waals surface area contributed by atoms with Crippen LogP contribution in [0.15, 0.2) is 42.3 Å². The first kappa shape index (κ1) is 16.2. The maximum absolute atomic E-state index is 5.91. The van der Waals surface area contributed by atoms with Gasteiger partial charge in [-0.25, -0.2) is 15.0 Å². The molecule has 1 aliphatic rings. The van der Waals surface area contributed by atoms with Crippen LogP contribution in [0.4, 0.5) is 0 Å². The van der Waals surface area contributed by atoms with E-state index in [-0.39, 0.29) is 0 Å². The molecule has 3 aromatic rings. The number of aryl methyl sites for hydroxylation is 1. The van der Waals surface area contributed by atoms with Gasteiger partial charge in [-0.3, -0.25) is 4.90 Å². The lowest BCUT2D eigenvalue weighted by atomic mass is 10.1. The normalized spacial score (nSPS) is 17.9. The smallest absolute Gasteiger partial charge is 0.213 e. The van der Waals surface area contributed by atoms with Crippen LogP contribution in [-0.2, 0) is 19.6 Å². The lowest BCUT2D eigenvalue weighted by Crippen LogP contribution is -2.31. The van der Waals surface area contributed by atoms with E-state index < -0.39 is 0 Å². The van der Waals surface area contributed by atoms with Crippen LogP contribution in [0.2, 0.25) is 0 Å². The van der Waals surface area contributed by atoms with Gasteiger partial charge in [0.15, 0.2) is 0 Å². The Balaban J connectivity index is 1.47. The number of ether oxygens (including phenoxy) is 1. The lowest BCUT2D eigenvalue weighted by molar-refractivity contribution is 0.163. The van der Waals surface area contributed by atoms with Crippen molar-refractivity contribution in [1.82, 2.24) is 24.4 Å². The third-order valence-electron chi connectivity index (χ3n) is 4.31. The van der Waals surface area contributed by atoms with E-state index in [1.54, 1.807) is 17.5 Å². The quantitative estimate of drug-likeness (QED) is 0.704. The number of fused-ring (bicyclic) bond motifs is 1. The van der Waals surface area contributed by atoms with Crippen molar-refractivity contribution in [3.8, 4) is 5.88 Å². The van der Waals surface area contributed by atoms with Crippen molar-refractivity contribution in [2.75, 3.05) is 13.2 Å². The number of thiazole rings is 1. The van der Waals surface area contributed by atoms with Crippen LogP contribution in [0, 0.1) is 12.8 Å². The average Bonchev–Trinajstić information content (AvgIpc) is 3.19. The molecule has 0 saturated carbocycles. The van der Waals surface area contributed by atoms with Crippen LogP contribution < -0.4 is 4.74 Å². The second-order valence-electron chi connectivity index (χ2n) is 6.41. The fraction of sp³-hybridized carbons (Fsp3) is 0.389. The molecule has 0 fully saturated rings. The predicted molar refractivity (Wildman–Crippen MR) is 96.4 cm³/mol. The number of hydrogen-bond donors (Lipinski definition) is 0. The van der Waals surface area contributed by atoms with Gasteiger partial charge in [-0.05, 0) is 13.0 Å². The van der Waals surface area contributed by atoms with Crippen LogP contribution in [0.25, 0.3) is 0 Å². The number of nitrogens with zero attached hydrogens (tertiary/aromatic N) is 5. The molecule has 4 heterocycles. The minimum Gasteiger partial charge on any atom is -0.477 e. The summed E-state index contributed by atoms with van der Waals surface area (Å²) < 4.78 is 8.15. The summed E-state index contributed by atoms with van der Waals surface area (Å²) in [7, 11) is 0. The molecular formula is C18H21N5OS. The zero-order valence-corrected chi connectivity index (χ0v) is 15.0. The van der Waals surface area contributed by atoms with E-state index in [9.17, 15) is 0 Å². The van der Waals surface area contributed by atoms with Crippen LogP contribution in [0.1, 0.15) is 16.4 Å². The summed E-state index contributed by atoms with van der Waals surface area (Å²) in [6.07, 6.45) is 5.63. The van der Waals surface area contributed by atoms with Gasteiger partial charge in [0.1, 0.15) is 0 Å². The van der Waals surface area contributed by atoms with Gasteiger partial charge in [0.2, 0.25) is 5.88 Å². The van der Waals surface area contributed by atoms with Gasteiger partial charge in [-0.2, -0.15) is 0 Å². The topological polar surface area (TPSA) is 56.1 Å². The third-order valence-corrected chi connectivity index (χ3v) is 5.13. The largest absolute Gasteiger partial charge is 0.477 e. The molecule has 3 aromatic heterocycles. The highest BCUT2D eigenvalue weighted by molar-refractivity contribution is 7.09. The van der Waals surface area contributed by atoms with E-state index in [2.05, 4.69) is 36.7 Å². The monoisotopic (exact) mass is 355 g/mol. The Morgan fingerprint density at radius 1 is 1.32 bits per heavy atom. The summed E-state index contributed by atoms with van der Waals surface area (Å²) in [4.78, 5) is 15.6. The van der Waals surface area contributed by atoms with Gasteiger partial charge in [0.05, 0.1) is 29.3 Å². The number of imidazole rings is 1. The molecule has 130 valence electrons. The van der Waals surface area contributed by atoms with Crippen molar-refractivity contribution < 1.29 is 4.74 Å². The second-order valence-corrected chi connectivity index (χ2v) is 7.47. The maximum Gasteiger partial charge on any atom is 0.213 e. The summed E-state index contributed by atoms with van der Waals surface area (Å²) in [6, 6.07) is 5.74. The predicted octanol–water partition coefficient (Wildman–Crippen LogP) is 2.75. The highest BCUT2D eigenvalue weighted by Crippen LogP contribution is 2.20. The molecule has 0 saturated heterocycles. The zero-order valence-electron chi connectivity index (χ0n) is 14.2. The van der Waals surface area contributed by atoms with E-state index in [0.717, 1.165) is 36.9 Å². The Morgan fingerprint density at radius 3 is 3.08 bits per heavy atom. The standard InChI is InChI=1S/C18H21N5OS/c1-14-21-16(12-25-14)9-22-7-15(8-23-13-19-6-17(23)10-22)11-24-18-4-2-3-5-20-18/h2-6,12-13,15H,7-11H2,1H3/t15-/m0/s1. The molecule has 6 nitrogen and oxygen atoms in total. The Kier molecular flexibility index (Phi) is 4.76. The second kappa shape index (κ2) is 7.33. The summed E-state index contributed by atoms with van der Waals surface area (Å²) in [5.74, 6) is 1.05. The Labute approximate surface area is 151 Å². The van der Waals surface area contributed by atoms with Gasteiger partial charge in [0.25, 0.3) is 0 Å². The van der Waals surface area contributed by atoms with Crippen LogP contribution in [0.5, 0.6) is 5.88 Å². The molecule has 0 N–H and O–H groups in total. The number of pyridine rings is 1. The van der Waals surface area contributed by atoms with Gasteiger partial charge < -0.3 is 9.30 Å². The summed E-state index contributed by atoms with van der Waals surface area (Å²) in [5.41, 5.74) is 2.38. The minimum absolute atomic E-state index is 0.372. The molecule has 0 aliphatic carbocycles. The number of rotatable bonds is 5. The third kappa shape index (κ3) is 4.05. The first-order chi connectivity index (χ1) is 12.3. The Morgan fingerprint density at radius 2 is 2.28 bits per heavy atom. The van der Waals surface area contributed by atoms with Crippen molar-refractivity contribution in [1.29, 1.82) is 0 Å². The molecule has 0 amide bonds. The molecule has 0 spiro atoms. The molecule has 7 heteroatoms. The average molecular weight is 355 g/mol. The van der Waals surface area contributed by atoms with Gasteiger partial charge in [-0.1, -0.05) is 6.07 Å². The number of aromatic nitrogens is 4. The van der Waals surface area contributed by atoms with Crippen molar-refractivity contribution >= 4 is 11.3 Å². The summed E-state index contributed by atoms with van der Waals surface area (Å²) >= 11 is 1.71. The van der Waals surface area contributed by atoms with E-state index in [4.69, 9.17) is 4.74 Å².